The van der Waals surface area contributed by atoms with E-state index in [4.69, 9.17) is 4.74 Å². The number of nitrogens with one attached hydrogen (secondary N) is 1. The summed E-state index contributed by atoms with van der Waals surface area (Å²) in [5, 5.41) is 13.4. The third-order valence-electron chi connectivity index (χ3n) is 5.19. The molecule has 11 nitrogen and oxygen atoms in total. The van der Waals surface area contributed by atoms with E-state index in [1.54, 1.807) is 19.1 Å². The molecule has 0 unspecified atom stereocenters. The van der Waals surface area contributed by atoms with Crippen LogP contribution in [0.1, 0.15) is 11.1 Å². The summed E-state index contributed by atoms with van der Waals surface area (Å²) in [4.78, 5) is 35.9. The second-order valence-electron chi connectivity index (χ2n) is 7.41. The fraction of sp³-hybridized carbons (Fsp3) is 0.333. The Hall–Kier alpha value is -3.51. The molecule has 0 radical (unpaired) electrons. The van der Waals surface area contributed by atoms with Crippen LogP contribution in [-0.4, -0.2) is 67.3 Å². The van der Waals surface area contributed by atoms with E-state index < -0.39 is 21.0 Å². The van der Waals surface area contributed by atoms with Crippen molar-refractivity contribution in [2.24, 2.45) is 0 Å². The van der Waals surface area contributed by atoms with E-state index in [1.807, 2.05) is 18.2 Å². The number of sulfonamides is 1. The minimum absolute atomic E-state index is 0.0364. The minimum Gasteiger partial charge on any atom is -0.445 e. The Morgan fingerprint density at radius 1 is 1.09 bits per heavy atom. The van der Waals surface area contributed by atoms with Gasteiger partial charge in [-0.3, -0.25) is 14.9 Å². The lowest BCUT2D eigenvalue weighted by Crippen LogP contribution is -2.52. The molecule has 1 saturated heterocycles. The number of nitro groups is 1. The maximum Gasteiger partial charge on any atom is 0.407 e. The van der Waals surface area contributed by atoms with Crippen LogP contribution in [0.2, 0.25) is 0 Å². The molecule has 0 spiro atoms. The second-order valence-corrected chi connectivity index (χ2v) is 9.31. The number of carbonyl (C=O) groups excluding carboxylic acids is 2. The van der Waals surface area contributed by atoms with Gasteiger partial charge in [0.1, 0.15) is 13.2 Å². The number of aryl methyl sites for hydroxylation is 1. The first-order chi connectivity index (χ1) is 15.7. The Balaban J connectivity index is 1.51. The number of hydrogen-bond acceptors (Lipinski definition) is 7. The van der Waals surface area contributed by atoms with Gasteiger partial charge in [0.25, 0.3) is 5.69 Å². The van der Waals surface area contributed by atoms with Gasteiger partial charge in [0.2, 0.25) is 15.9 Å². The molecular weight excluding hydrogens is 452 g/mol. The smallest absolute Gasteiger partial charge is 0.407 e. The molecule has 0 atom stereocenters. The van der Waals surface area contributed by atoms with E-state index in [9.17, 15) is 28.1 Å². The quantitative estimate of drug-likeness (QED) is 0.473. The largest absolute Gasteiger partial charge is 0.445 e. The fourth-order valence-corrected chi connectivity index (χ4v) is 5.00. The van der Waals surface area contributed by atoms with Crippen molar-refractivity contribution in [2.75, 3.05) is 32.7 Å². The van der Waals surface area contributed by atoms with Crippen molar-refractivity contribution < 1.29 is 27.7 Å². The number of non-ortho nitro benzene ring substituents is 1. The van der Waals surface area contributed by atoms with Crippen LogP contribution in [0.15, 0.2) is 53.4 Å². The van der Waals surface area contributed by atoms with Gasteiger partial charge in [0.15, 0.2) is 0 Å². The summed E-state index contributed by atoms with van der Waals surface area (Å²) >= 11 is 0. The number of amides is 2. The summed E-state index contributed by atoms with van der Waals surface area (Å²) in [7, 11) is -3.96. The van der Waals surface area contributed by atoms with Gasteiger partial charge in [0.05, 0.1) is 9.82 Å². The minimum atomic E-state index is -3.96. The zero-order valence-electron chi connectivity index (χ0n) is 18.0. The molecule has 33 heavy (non-hydrogen) atoms. The monoisotopic (exact) mass is 476 g/mol. The van der Waals surface area contributed by atoms with Crippen LogP contribution in [0.4, 0.5) is 10.5 Å². The number of alkyl carbamates (subject to hydrolysis) is 1. The number of ether oxygens (including phenoxy) is 1. The average molecular weight is 477 g/mol. The number of carbonyl (C=O) groups is 2. The van der Waals surface area contributed by atoms with E-state index in [2.05, 4.69) is 5.32 Å². The highest BCUT2D eigenvalue weighted by atomic mass is 32.2. The zero-order valence-corrected chi connectivity index (χ0v) is 18.8. The molecule has 0 saturated carbocycles. The van der Waals surface area contributed by atoms with Crippen LogP contribution in [0.5, 0.6) is 0 Å². The van der Waals surface area contributed by atoms with E-state index >= 15 is 0 Å². The molecule has 2 aromatic rings. The molecule has 1 aliphatic heterocycles. The molecule has 2 amide bonds. The maximum absolute atomic E-state index is 13.0. The zero-order chi connectivity index (χ0) is 24.0. The Kier molecular flexibility index (Phi) is 7.61. The van der Waals surface area contributed by atoms with Gasteiger partial charge < -0.3 is 15.0 Å². The molecule has 3 rings (SSSR count). The van der Waals surface area contributed by atoms with Crippen molar-refractivity contribution in [3.63, 3.8) is 0 Å². The summed E-state index contributed by atoms with van der Waals surface area (Å²) in [6, 6.07) is 12.8. The average Bonchev–Trinajstić information content (AvgIpc) is 2.82. The lowest BCUT2D eigenvalue weighted by Gasteiger charge is -2.34. The predicted octanol–water partition coefficient (Wildman–Crippen LogP) is 1.66. The van der Waals surface area contributed by atoms with Gasteiger partial charge in [0, 0.05) is 38.3 Å². The normalized spacial score (nSPS) is 14.5. The van der Waals surface area contributed by atoms with Gasteiger partial charge in [-0.05, 0) is 18.1 Å². The molecule has 1 aliphatic rings. The molecule has 1 fully saturated rings. The van der Waals surface area contributed by atoms with Crippen LogP contribution in [0.25, 0.3) is 0 Å². The second kappa shape index (κ2) is 10.4. The molecule has 0 bridgehead atoms. The maximum atomic E-state index is 13.0. The number of benzene rings is 2. The van der Waals surface area contributed by atoms with Crippen LogP contribution >= 0.6 is 0 Å². The van der Waals surface area contributed by atoms with Crippen molar-refractivity contribution in [2.45, 2.75) is 18.4 Å². The van der Waals surface area contributed by atoms with E-state index in [0.29, 0.717) is 5.56 Å². The standard InChI is InChI=1S/C21H24N4O7S/c1-16-7-8-18(25(28)29)13-19(16)33(30,31)24-11-9-23(10-12-24)20(26)14-22-21(27)32-15-17-5-3-2-4-6-17/h2-8,13H,9-12,14-15H2,1H3,(H,22,27). The Morgan fingerprint density at radius 2 is 1.76 bits per heavy atom. The number of nitrogens with zero attached hydrogens (tertiary/aromatic N) is 3. The van der Waals surface area contributed by atoms with Crippen LogP contribution in [0.3, 0.4) is 0 Å². The molecule has 2 aromatic carbocycles. The van der Waals surface area contributed by atoms with Crippen molar-refractivity contribution in [1.29, 1.82) is 0 Å². The summed E-state index contributed by atoms with van der Waals surface area (Å²) in [6.45, 7) is 1.71. The number of hydrogen-bond donors (Lipinski definition) is 1. The highest BCUT2D eigenvalue weighted by Gasteiger charge is 2.32. The Morgan fingerprint density at radius 3 is 2.39 bits per heavy atom. The van der Waals surface area contributed by atoms with Crippen molar-refractivity contribution >= 4 is 27.7 Å². The molecule has 0 aliphatic carbocycles. The molecular formula is C21H24N4O7S. The van der Waals surface area contributed by atoms with Crippen molar-refractivity contribution in [3.05, 3.63) is 69.8 Å². The molecule has 12 heteroatoms. The topological polar surface area (TPSA) is 139 Å². The van der Waals surface area contributed by atoms with E-state index in [1.165, 1.54) is 21.3 Å². The third-order valence-corrected chi connectivity index (χ3v) is 7.23. The predicted molar refractivity (Wildman–Crippen MR) is 118 cm³/mol. The first kappa shape index (κ1) is 24.1. The highest BCUT2D eigenvalue weighted by molar-refractivity contribution is 7.89. The molecule has 176 valence electrons. The van der Waals surface area contributed by atoms with Gasteiger partial charge in [-0.15, -0.1) is 0 Å². The van der Waals surface area contributed by atoms with Crippen LogP contribution in [0, 0.1) is 17.0 Å². The van der Waals surface area contributed by atoms with Crippen molar-refractivity contribution in [3.8, 4) is 0 Å². The highest BCUT2D eigenvalue weighted by Crippen LogP contribution is 2.25. The summed E-state index contributed by atoms with van der Waals surface area (Å²) in [5.74, 6) is -0.366. The summed E-state index contributed by atoms with van der Waals surface area (Å²) in [6.07, 6.45) is -0.727. The number of nitro benzene ring substituents is 1. The lowest BCUT2D eigenvalue weighted by atomic mass is 10.2. The van der Waals surface area contributed by atoms with E-state index in [0.717, 1.165) is 11.6 Å². The van der Waals surface area contributed by atoms with Gasteiger partial charge in [-0.2, -0.15) is 4.31 Å². The first-order valence-electron chi connectivity index (χ1n) is 10.2. The Bertz CT molecular complexity index is 1130. The van der Waals surface area contributed by atoms with E-state index in [-0.39, 0.29) is 55.8 Å². The number of piperazine rings is 1. The van der Waals surface area contributed by atoms with Gasteiger partial charge in [-0.25, -0.2) is 13.2 Å². The lowest BCUT2D eigenvalue weighted by molar-refractivity contribution is -0.385. The Labute approximate surface area is 191 Å². The molecule has 1 heterocycles. The fourth-order valence-electron chi connectivity index (χ4n) is 3.33. The molecule has 1 N–H and O–H groups in total. The van der Waals surface area contributed by atoms with Crippen molar-refractivity contribution in [1.82, 2.24) is 14.5 Å². The van der Waals surface area contributed by atoms with Gasteiger partial charge in [-0.1, -0.05) is 36.4 Å². The summed E-state index contributed by atoms with van der Waals surface area (Å²) in [5.41, 5.74) is 0.908. The van der Waals surface area contributed by atoms with Gasteiger partial charge >= 0.3 is 6.09 Å². The third kappa shape index (κ3) is 6.05. The van der Waals surface area contributed by atoms with Crippen LogP contribution in [-0.2, 0) is 26.2 Å². The SMILES string of the molecule is Cc1ccc([N+](=O)[O-])cc1S(=O)(=O)N1CCN(C(=O)CNC(=O)OCc2ccccc2)CC1. The van der Waals surface area contributed by atoms with Crippen LogP contribution < -0.4 is 5.32 Å². The first-order valence-corrected chi connectivity index (χ1v) is 11.6. The summed E-state index contributed by atoms with van der Waals surface area (Å²) < 4.78 is 32.2. The molecule has 0 aromatic heterocycles. The number of rotatable bonds is 7.